The minimum absolute atomic E-state index is 0.0751. The molecule has 1 aromatic heterocycles. The third kappa shape index (κ3) is 6.66. The molecule has 3 amide bonds. The lowest BCUT2D eigenvalue weighted by Crippen LogP contribution is -2.46. The molecule has 0 bridgehead atoms. The van der Waals surface area contributed by atoms with Gasteiger partial charge in [-0.05, 0) is 26.2 Å². The molecule has 2 atom stereocenters. The van der Waals surface area contributed by atoms with E-state index in [0.717, 1.165) is 6.42 Å². The van der Waals surface area contributed by atoms with Gasteiger partial charge in [0.25, 0.3) is 5.91 Å². The first-order valence-electron chi connectivity index (χ1n) is 8.73. The SMILES string of the molecule is CC.Cc1cc(C(=O)NCC(=O)N[C@H](C=O)C[C@@H]2CCCNC2=O)no1. The summed E-state index contributed by atoms with van der Waals surface area (Å²) >= 11 is 0. The number of amides is 3. The molecule has 3 N–H and O–H groups in total. The maximum atomic E-state index is 11.8. The van der Waals surface area contributed by atoms with Crippen LogP contribution in [-0.2, 0) is 14.4 Å². The van der Waals surface area contributed by atoms with Gasteiger partial charge in [-0.1, -0.05) is 19.0 Å². The highest BCUT2D eigenvalue weighted by atomic mass is 16.5. The number of piperidine rings is 1. The van der Waals surface area contributed by atoms with E-state index in [2.05, 4.69) is 21.1 Å². The Bertz CT molecular complexity index is 628. The van der Waals surface area contributed by atoms with Crippen molar-refractivity contribution in [2.75, 3.05) is 13.1 Å². The number of hydrogen-bond donors (Lipinski definition) is 3. The van der Waals surface area contributed by atoms with Gasteiger partial charge in [-0.3, -0.25) is 14.4 Å². The summed E-state index contributed by atoms with van der Waals surface area (Å²) < 4.78 is 4.77. The summed E-state index contributed by atoms with van der Waals surface area (Å²) in [6, 6.07) is 0.681. The molecule has 0 saturated carbocycles. The number of aryl methyl sites for hydroxylation is 1. The van der Waals surface area contributed by atoms with Gasteiger partial charge in [0.2, 0.25) is 11.8 Å². The molecular weight excluding hydrogens is 340 g/mol. The van der Waals surface area contributed by atoms with Crippen molar-refractivity contribution in [3.63, 3.8) is 0 Å². The highest BCUT2D eigenvalue weighted by Gasteiger charge is 2.26. The number of nitrogens with zero attached hydrogens (tertiary/aromatic N) is 1. The lowest BCUT2D eigenvalue weighted by atomic mass is 9.92. The van der Waals surface area contributed by atoms with E-state index in [-0.39, 0.29) is 30.5 Å². The van der Waals surface area contributed by atoms with E-state index in [4.69, 9.17) is 4.52 Å². The first-order valence-corrected chi connectivity index (χ1v) is 8.73. The molecule has 1 fully saturated rings. The fourth-order valence-electron chi connectivity index (χ4n) is 2.50. The number of rotatable bonds is 7. The van der Waals surface area contributed by atoms with Crippen molar-refractivity contribution in [1.82, 2.24) is 21.1 Å². The van der Waals surface area contributed by atoms with E-state index in [1.54, 1.807) is 6.92 Å². The molecule has 1 saturated heterocycles. The standard InChI is InChI=1S/C15H20N4O5.C2H6/c1-9-5-12(19-24-9)15(23)17-7-13(21)18-11(8-20)6-10-3-2-4-16-14(10)22;1-2/h5,8,10-11H,2-4,6-7H2,1H3,(H,16,22)(H,17,23)(H,18,21);1-2H3/t10-,11-;/m0./s1. The van der Waals surface area contributed by atoms with Crippen molar-refractivity contribution in [3.8, 4) is 0 Å². The van der Waals surface area contributed by atoms with Gasteiger partial charge in [0.1, 0.15) is 12.0 Å². The smallest absolute Gasteiger partial charge is 0.273 e. The molecule has 2 heterocycles. The van der Waals surface area contributed by atoms with Gasteiger partial charge in [0.15, 0.2) is 5.69 Å². The average molecular weight is 366 g/mol. The number of carbonyl (C=O) groups is 4. The lowest BCUT2D eigenvalue weighted by molar-refractivity contribution is -0.128. The van der Waals surface area contributed by atoms with Crippen LogP contribution in [0.3, 0.4) is 0 Å². The van der Waals surface area contributed by atoms with Gasteiger partial charge in [-0.25, -0.2) is 0 Å². The minimum atomic E-state index is -0.766. The van der Waals surface area contributed by atoms with Crippen LogP contribution in [0.2, 0.25) is 0 Å². The van der Waals surface area contributed by atoms with Gasteiger partial charge in [-0.15, -0.1) is 0 Å². The van der Waals surface area contributed by atoms with Crippen molar-refractivity contribution in [2.24, 2.45) is 5.92 Å². The molecule has 1 aromatic rings. The quantitative estimate of drug-likeness (QED) is 0.597. The fourth-order valence-corrected chi connectivity index (χ4v) is 2.50. The summed E-state index contributed by atoms with van der Waals surface area (Å²) in [4.78, 5) is 46.4. The normalized spacial score (nSPS) is 17.2. The van der Waals surface area contributed by atoms with Crippen molar-refractivity contribution in [3.05, 3.63) is 17.5 Å². The van der Waals surface area contributed by atoms with E-state index in [1.807, 2.05) is 13.8 Å². The van der Waals surface area contributed by atoms with Crippen molar-refractivity contribution >= 4 is 24.0 Å². The molecule has 0 aromatic carbocycles. The third-order valence-corrected chi connectivity index (χ3v) is 3.72. The van der Waals surface area contributed by atoms with E-state index in [9.17, 15) is 19.2 Å². The second-order valence-electron chi connectivity index (χ2n) is 5.68. The Labute approximate surface area is 152 Å². The molecule has 0 unspecified atom stereocenters. The Hall–Kier alpha value is -2.71. The number of carbonyl (C=O) groups excluding carboxylic acids is 4. The molecule has 0 aliphatic carbocycles. The second-order valence-corrected chi connectivity index (χ2v) is 5.68. The van der Waals surface area contributed by atoms with Crippen LogP contribution in [0.4, 0.5) is 0 Å². The van der Waals surface area contributed by atoms with Crippen LogP contribution < -0.4 is 16.0 Å². The number of hydrogen-bond acceptors (Lipinski definition) is 6. The first-order chi connectivity index (χ1) is 12.5. The van der Waals surface area contributed by atoms with Crippen LogP contribution in [0, 0.1) is 12.8 Å². The van der Waals surface area contributed by atoms with Crippen LogP contribution in [0.25, 0.3) is 0 Å². The zero-order chi connectivity index (χ0) is 19.5. The van der Waals surface area contributed by atoms with Crippen LogP contribution in [0.15, 0.2) is 10.6 Å². The van der Waals surface area contributed by atoms with E-state index in [0.29, 0.717) is 25.0 Å². The van der Waals surface area contributed by atoms with Gasteiger partial charge in [0, 0.05) is 18.5 Å². The maximum Gasteiger partial charge on any atom is 0.273 e. The van der Waals surface area contributed by atoms with E-state index in [1.165, 1.54) is 6.07 Å². The van der Waals surface area contributed by atoms with Crippen molar-refractivity contribution in [1.29, 1.82) is 0 Å². The molecule has 1 aliphatic heterocycles. The van der Waals surface area contributed by atoms with Crippen LogP contribution >= 0.6 is 0 Å². The maximum absolute atomic E-state index is 11.8. The summed E-state index contributed by atoms with van der Waals surface area (Å²) in [5.74, 6) is -0.969. The predicted octanol–water partition coefficient (Wildman–Crippen LogP) is 0.339. The molecule has 0 radical (unpaired) electrons. The van der Waals surface area contributed by atoms with Crippen LogP contribution in [0.5, 0.6) is 0 Å². The molecule has 2 rings (SSSR count). The summed E-state index contributed by atoms with van der Waals surface area (Å²) in [5, 5.41) is 11.2. The lowest BCUT2D eigenvalue weighted by Gasteiger charge is -2.24. The Morgan fingerprint density at radius 1 is 1.46 bits per heavy atom. The predicted molar refractivity (Wildman–Crippen MR) is 93.3 cm³/mol. The largest absolute Gasteiger partial charge is 0.361 e. The van der Waals surface area contributed by atoms with Gasteiger partial charge in [0.05, 0.1) is 12.6 Å². The van der Waals surface area contributed by atoms with Crippen LogP contribution in [0.1, 0.15) is 49.4 Å². The average Bonchev–Trinajstić information content (AvgIpc) is 3.09. The summed E-state index contributed by atoms with van der Waals surface area (Å²) in [5.41, 5.74) is 0.0751. The second kappa shape index (κ2) is 11.0. The molecule has 0 spiro atoms. The highest BCUT2D eigenvalue weighted by Crippen LogP contribution is 2.16. The van der Waals surface area contributed by atoms with Crippen molar-refractivity contribution in [2.45, 2.75) is 46.1 Å². The van der Waals surface area contributed by atoms with E-state index >= 15 is 0 Å². The Morgan fingerprint density at radius 3 is 2.77 bits per heavy atom. The van der Waals surface area contributed by atoms with E-state index < -0.39 is 17.9 Å². The molecule has 9 nitrogen and oxygen atoms in total. The summed E-state index contributed by atoms with van der Waals surface area (Å²) in [6.07, 6.45) is 2.39. The topological polar surface area (TPSA) is 130 Å². The van der Waals surface area contributed by atoms with Gasteiger partial charge < -0.3 is 25.3 Å². The summed E-state index contributed by atoms with van der Waals surface area (Å²) in [7, 11) is 0. The zero-order valence-electron chi connectivity index (χ0n) is 15.3. The molecular formula is C17H26N4O5. The minimum Gasteiger partial charge on any atom is -0.361 e. The fraction of sp³-hybridized carbons (Fsp3) is 0.588. The van der Waals surface area contributed by atoms with Crippen LogP contribution in [-0.4, -0.2) is 48.3 Å². The number of aromatic nitrogens is 1. The Morgan fingerprint density at radius 2 is 2.19 bits per heavy atom. The third-order valence-electron chi connectivity index (χ3n) is 3.72. The number of nitrogens with one attached hydrogen (secondary N) is 3. The Kier molecular flexibility index (Phi) is 9.04. The Balaban J connectivity index is 0.00000163. The zero-order valence-corrected chi connectivity index (χ0v) is 15.3. The molecule has 144 valence electrons. The highest BCUT2D eigenvalue weighted by molar-refractivity contribution is 5.95. The molecule has 1 aliphatic rings. The monoisotopic (exact) mass is 366 g/mol. The summed E-state index contributed by atoms with van der Waals surface area (Å²) in [6.45, 7) is 5.99. The van der Waals surface area contributed by atoms with Crippen molar-refractivity contribution < 1.29 is 23.7 Å². The first kappa shape index (κ1) is 21.3. The molecule has 26 heavy (non-hydrogen) atoms. The van der Waals surface area contributed by atoms with Gasteiger partial charge in [-0.2, -0.15) is 0 Å². The van der Waals surface area contributed by atoms with Gasteiger partial charge >= 0.3 is 0 Å². The number of aldehydes is 1. The molecule has 9 heteroatoms.